The molecule has 3 rings (SSSR count). The van der Waals surface area contributed by atoms with Gasteiger partial charge in [0.15, 0.2) is 16.6 Å². The number of halogens is 1. The first-order valence-corrected chi connectivity index (χ1v) is 9.75. The molecule has 0 aliphatic carbocycles. The molecule has 2 aromatic carbocycles. The maximum atomic E-state index is 12.4. The number of methoxy groups -OCH3 is 1. The molecule has 0 atom stereocenters. The van der Waals surface area contributed by atoms with Gasteiger partial charge in [-0.15, -0.1) is 11.3 Å². The van der Waals surface area contributed by atoms with Crippen LogP contribution in [0.5, 0.6) is 11.5 Å². The van der Waals surface area contributed by atoms with Crippen LogP contribution in [0.15, 0.2) is 59.6 Å². The minimum Gasteiger partial charge on any atom is -0.493 e. The van der Waals surface area contributed by atoms with Crippen molar-refractivity contribution in [3.05, 3.63) is 75.8 Å². The zero-order valence-electron chi connectivity index (χ0n) is 15.6. The second kappa shape index (κ2) is 9.69. The SMILES string of the molecule is COc1cc(/C=C(\C#N)C(=O)Nc2nccs2)ccc1OC(=O)c1ccccc1Cl. The number of hydrogen-bond acceptors (Lipinski definition) is 7. The number of hydrogen-bond donors (Lipinski definition) is 1. The summed E-state index contributed by atoms with van der Waals surface area (Å²) in [7, 11) is 1.41. The van der Waals surface area contributed by atoms with Gasteiger partial charge >= 0.3 is 5.97 Å². The lowest BCUT2D eigenvalue weighted by Gasteiger charge is -2.11. The third-order valence-electron chi connectivity index (χ3n) is 3.81. The molecule has 0 aliphatic heterocycles. The fourth-order valence-corrected chi connectivity index (χ4v) is 3.14. The minimum atomic E-state index is -0.636. The van der Waals surface area contributed by atoms with E-state index < -0.39 is 11.9 Å². The van der Waals surface area contributed by atoms with Gasteiger partial charge in [0.05, 0.1) is 17.7 Å². The molecule has 1 heterocycles. The van der Waals surface area contributed by atoms with Gasteiger partial charge in [-0.1, -0.05) is 29.8 Å². The van der Waals surface area contributed by atoms with Crippen LogP contribution in [0.3, 0.4) is 0 Å². The Bertz CT molecular complexity index is 1150. The molecular weight excluding hydrogens is 426 g/mol. The Morgan fingerprint density at radius 1 is 1.23 bits per heavy atom. The second-order valence-electron chi connectivity index (χ2n) is 5.74. The van der Waals surface area contributed by atoms with Crippen LogP contribution in [-0.2, 0) is 4.79 Å². The van der Waals surface area contributed by atoms with Crippen molar-refractivity contribution < 1.29 is 19.1 Å². The summed E-state index contributed by atoms with van der Waals surface area (Å²) in [5.74, 6) is -0.796. The summed E-state index contributed by atoms with van der Waals surface area (Å²) >= 11 is 7.27. The predicted octanol–water partition coefficient (Wildman–Crippen LogP) is 4.57. The lowest BCUT2D eigenvalue weighted by Crippen LogP contribution is -2.13. The van der Waals surface area contributed by atoms with E-state index >= 15 is 0 Å². The van der Waals surface area contributed by atoms with Crippen LogP contribution in [0.25, 0.3) is 6.08 Å². The zero-order valence-corrected chi connectivity index (χ0v) is 17.2. The minimum absolute atomic E-state index is 0.118. The summed E-state index contributed by atoms with van der Waals surface area (Å²) in [6.45, 7) is 0. The predicted molar refractivity (Wildman–Crippen MR) is 114 cm³/mol. The van der Waals surface area contributed by atoms with Crippen molar-refractivity contribution in [2.45, 2.75) is 0 Å². The van der Waals surface area contributed by atoms with E-state index in [4.69, 9.17) is 21.1 Å². The van der Waals surface area contributed by atoms with Gasteiger partial charge in [-0.05, 0) is 35.9 Å². The number of rotatable bonds is 6. The quantitative estimate of drug-likeness (QED) is 0.261. The van der Waals surface area contributed by atoms with E-state index in [1.807, 2.05) is 6.07 Å². The molecule has 0 fully saturated rings. The number of nitriles is 1. The monoisotopic (exact) mass is 439 g/mol. The number of benzene rings is 2. The van der Waals surface area contributed by atoms with E-state index in [2.05, 4.69) is 10.3 Å². The van der Waals surface area contributed by atoms with Crippen LogP contribution in [0, 0.1) is 11.3 Å². The first-order valence-electron chi connectivity index (χ1n) is 8.49. The van der Waals surface area contributed by atoms with Gasteiger partial charge in [0.1, 0.15) is 11.6 Å². The zero-order chi connectivity index (χ0) is 21.5. The van der Waals surface area contributed by atoms with Gasteiger partial charge in [0.25, 0.3) is 5.91 Å². The number of carbonyl (C=O) groups excluding carboxylic acids is 2. The highest BCUT2D eigenvalue weighted by molar-refractivity contribution is 7.13. The molecule has 3 aromatic rings. The lowest BCUT2D eigenvalue weighted by molar-refractivity contribution is -0.112. The van der Waals surface area contributed by atoms with E-state index in [9.17, 15) is 14.9 Å². The average Bonchev–Trinajstić information content (AvgIpc) is 3.26. The van der Waals surface area contributed by atoms with Crippen molar-refractivity contribution >= 4 is 46.0 Å². The third-order valence-corrected chi connectivity index (χ3v) is 4.83. The average molecular weight is 440 g/mol. The topological polar surface area (TPSA) is 101 Å². The van der Waals surface area contributed by atoms with Gasteiger partial charge in [-0.25, -0.2) is 9.78 Å². The maximum absolute atomic E-state index is 12.4. The van der Waals surface area contributed by atoms with Crippen LogP contribution >= 0.6 is 22.9 Å². The molecule has 9 heteroatoms. The number of nitrogens with zero attached hydrogens (tertiary/aromatic N) is 2. The number of carbonyl (C=O) groups is 2. The van der Waals surface area contributed by atoms with Crippen molar-refractivity contribution in [3.63, 3.8) is 0 Å². The first-order chi connectivity index (χ1) is 14.5. The van der Waals surface area contributed by atoms with Gasteiger partial charge < -0.3 is 9.47 Å². The third kappa shape index (κ3) is 5.03. The number of amides is 1. The van der Waals surface area contributed by atoms with Gasteiger partial charge in [0.2, 0.25) is 0 Å². The van der Waals surface area contributed by atoms with Crippen LogP contribution in [-0.4, -0.2) is 24.0 Å². The number of esters is 1. The highest BCUT2D eigenvalue weighted by atomic mass is 35.5. The van der Waals surface area contributed by atoms with Gasteiger partial charge in [-0.2, -0.15) is 5.26 Å². The number of nitrogens with one attached hydrogen (secondary N) is 1. The van der Waals surface area contributed by atoms with E-state index in [0.717, 1.165) is 0 Å². The van der Waals surface area contributed by atoms with Crippen molar-refractivity contribution in [1.29, 1.82) is 5.26 Å². The Kier molecular flexibility index (Phi) is 6.80. The van der Waals surface area contributed by atoms with E-state index in [0.29, 0.717) is 10.7 Å². The summed E-state index contributed by atoms with van der Waals surface area (Å²) in [5, 5.41) is 14.2. The number of ether oxygens (including phenoxy) is 2. The summed E-state index contributed by atoms with van der Waals surface area (Å²) < 4.78 is 10.7. The fraction of sp³-hybridized carbons (Fsp3) is 0.0476. The van der Waals surface area contributed by atoms with Crippen LogP contribution in [0.4, 0.5) is 5.13 Å². The molecule has 1 aromatic heterocycles. The van der Waals surface area contributed by atoms with E-state index in [-0.39, 0.29) is 27.7 Å². The van der Waals surface area contributed by atoms with Crippen LogP contribution in [0.1, 0.15) is 15.9 Å². The lowest BCUT2D eigenvalue weighted by atomic mass is 10.1. The molecule has 0 bridgehead atoms. The van der Waals surface area contributed by atoms with E-state index in [1.54, 1.807) is 48.0 Å². The molecule has 150 valence electrons. The number of aromatic nitrogens is 1. The molecule has 30 heavy (non-hydrogen) atoms. The molecule has 1 N–H and O–H groups in total. The number of thiazole rings is 1. The summed E-state index contributed by atoms with van der Waals surface area (Å²) in [6, 6.07) is 13.0. The van der Waals surface area contributed by atoms with Crippen molar-refractivity contribution in [3.8, 4) is 17.6 Å². The maximum Gasteiger partial charge on any atom is 0.345 e. The Balaban J connectivity index is 1.81. The van der Waals surface area contributed by atoms with Gasteiger partial charge in [0, 0.05) is 11.6 Å². The van der Waals surface area contributed by atoms with E-state index in [1.165, 1.54) is 30.6 Å². The van der Waals surface area contributed by atoms with Gasteiger partial charge in [-0.3, -0.25) is 10.1 Å². The molecular formula is C21H14ClN3O4S. The first kappa shape index (κ1) is 21.0. The smallest absolute Gasteiger partial charge is 0.345 e. The summed E-state index contributed by atoms with van der Waals surface area (Å²) in [5.41, 5.74) is 0.610. The second-order valence-corrected chi connectivity index (χ2v) is 7.04. The molecule has 0 aliphatic rings. The normalized spacial score (nSPS) is 10.8. The fourth-order valence-electron chi connectivity index (χ4n) is 2.40. The Labute approximate surface area is 181 Å². The van der Waals surface area contributed by atoms with Crippen molar-refractivity contribution in [2.24, 2.45) is 0 Å². The number of anilines is 1. The van der Waals surface area contributed by atoms with Crippen molar-refractivity contribution in [1.82, 2.24) is 4.98 Å². The molecule has 0 radical (unpaired) electrons. The highest BCUT2D eigenvalue weighted by Gasteiger charge is 2.16. The molecule has 1 amide bonds. The summed E-state index contributed by atoms with van der Waals surface area (Å²) in [4.78, 5) is 28.6. The molecule has 0 saturated heterocycles. The Hall–Kier alpha value is -3.67. The molecule has 0 unspecified atom stereocenters. The largest absolute Gasteiger partial charge is 0.493 e. The highest BCUT2D eigenvalue weighted by Crippen LogP contribution is 2.30. The standard InChI is InChI=1S/C21H14ClN3O4S/c1-28-18-11-13(10-14(12-23)19(26)25-21-24-8-9-30-21)6-7-17(18)29-20(27)15-4-2-3-5-16(15)22/h2-11H,1H3,(H,24,25,26)/b14-10+. The van der Waals surface area contributed by atoms with Crippen LogP contribution in [0.2, 0.25) is 5.02 Å². The van der Waals surface area contributed by atoms with Crippen molar-refractivity contribution in [2.75, 3.05) is 12.4 Å². The van der Waals surface area contributed by atoms with Crippen LogP contribution < -0.4 is 14.8 Å². The molecule has 7 nitrogen and oxygen atoms in total. The Morgan fingerprint density at radius 3 is 2.70 bits per heavy atom. The Morgan fingerprint density at radius 2 is 2.03 bits per heavy atom. The molecule has 0 saturated carbocycles. The summed E-state index contributed by atoms with van der Waals surface area (Å²) in [6.07, 6.45) is 2.94. The molecule has 0 spiro atoms.